The highest BCUT2D eigenvalue weighted by Gasteiger charge is 2.35. The maximum atomic E-state index is 13.1. The first kappa shape index (κ1) is 19.1. The van der Waals surface area contributed by atoms with Gasteiger partial charge in [0.05, 0.1) is 16.3 Å². The van der Waals surface area contributed by atoms with E-state index in [0.29, 0.717) is 30.2 Å². The van der Waals surface area contributed by atoms with Crippen LogP contribution in [0.1, 0.15) is 28.2 Å². The summed E-state index contributed by atoms with van der Waals surface area (Å²) in [5.41, 5.74) is 1.44. The summed E-state index contributed by atoms with van der Waals surface area (Å²) in [7, 11) is 0. The predicted octanol–water partition coefficient (Wildman–Crippen LogP) is 3.28. The molecule has 0 N–H and O–H groups in total. The molecule has 146 valence electrons. The van der Waals surface area contributed by atoms with Gasteiger partial charge >= 0.3 is 0 Å². The molecule has 4 rings (SSSR count). The van der Waals surface area contributed by atoms with Crippen molar-refractivity contribution in [2.75, 3.05) is 19.6 Å². The number of para-hydroxylation sites is 1. The van der Waals surface area contributed by atoms with Gasteiger partial charge in [-0.05, 0) is 31.2 Å². The average molecular weight is 404 g/mol. The molecule has 1 aliphatic rings. The second-order valence-electron chi connectivity index (χ2n) is 7.08. The SMILES string of the molecule is C[C@@H]1CN(C(=O)c2ccccc2)CCN1C(=O)C(C#N)c1nc2ccccc2s1. The molecule has 2 aromatic carbocycles. The molecule has 29 heavy (non-hydrogen) atoms. The molecule has 2 amide bonds. The number of aromatic nitrogens is 1. The summed E-state index contributed by atoms with van der Waals surface area (Å²) in [4.78, 5) is 33.8. The molecule has 0 saturated carbocycles. The van der Waals surface area contributed by atoms with Crippen LogP contribution < -0.4 is 0 Å². The second kappa shape index (κ2) is 8.02. The smallest absolute Gasteiger partial charge is 0.253 e. The Morgan fingerprint density at radius 3 is 2.55 bits per heavy atom. The highest BCUT2D eigenvalue weighted by molar-refractivity contribution is 7.18. The van der Waals surface area contributed by atoms with E-state index in [4.69, 9.17) is 0 Å². The van der Waals surface area contributed by atoms with Gasteiger partial charge in [0, 0.05) is 31.2 Å². The van der Waals surface area contributed by atoms with Gasteiger partial charge in [-0.3, -0.25) is 9.59 Å². The van der Waals surface area contributed by atoms with Gasteiger partial charge in [0.2, 0.25) is 5.91 Å². The number of thiazole rings is 1. The van der Waals surface area contributed by atoms with Crippen LogP contribution in [-0.2, 0) is 4.79 Å². The van der Waals surface area contributed by atoms with E-state index >= 15 is 0 Å². The summed E-state index contributed by atoms with van der Waals surface area (Å²) in [6.07, 6.45) is 0. The molecule has 1 fully saturated rings. The third kappa shape index (κ3) is 3.71. The van der Waals surface area contributed by atoms with Crippen molar-refractivity contribution in [3.63, 3.8) is 0 Å². The van der Waals surface area contributed by atoms with Gasteiger partial charge < -0.3 is 9.80 Å². The number of carbonyl (C=O) groups is 2. The lowest BCUT2D eigenvalue weighted by Gasteiger charge is -2.40. The Kier molecular flexibility index (Phi) is 5.28. The predicted molar refractivity (Wildman–Crippen MR) is 111 cm³/mol. The fourth-order valence-corrected chi connectivity index (χ4v) is 4.63. The molecular weight excluding hydrogens is 384 g/mol. The average Bonchev–Trinajstić information content (AvgIpc) is 3.18. The van der Waals surface area contributed by atoms with E-state index in [1.807, 2.05) is 49.4 Å². The molecule has 0 spiro atoms. The maximum Gasteiger partial charge on any atom is 0.253 e. The number of nitriles is 1. The van der Waals surface area contributed by atoms with Gasteiger partial charge in [-0.25, -0.2) is 4.98 Å². The van der Waals surface area contributed by atoms with Crippen molar-refractivity contribution in [2.24, 2.45) is 0 Å². The van der Waals surface area contributed by atoms with E-state index in [-0.39, 0.29) is 17.9 Å². The van der Waals surface area contributed by atoms with E-state index in [0.717, 1.165) is 10.2 Å². The van der Waals surface area contributed by atoms with Gasteiger partial charge in [0.25, 0.3) is 5.91 Å². The lowest BCUT2D eigenvalue weighted by Crippen LogP contribution is -2.56. The number of rotatable bonds is 3. The second-order valence-corrected chi connectivity index (χ2v) is 8.14. The molecule has 1 aromatic heterocycles. The van der Waals surface area contributed by atoms with Crippen LogP contribution in [0.25, 0.3) is 10.2 Å². The molecule has 6 nitrogen and oxygen atoms in total. The van der Waals surface area contributed by atoms with Crippen LogP contribution in [0.3, 0.4) is 0 Å². The van der Waals surface area contributed by atoms with Crippen molar-refractivity contribution in [3.8, 4) is 6.07 Å². The molecular formula is C22H20N4O2S. The number of hydrogen-bond donors (Lipinski definition) is 0. The number of carbonyl (C=O) groups excluding carboxylic acids is 2. The minimum absolute atomic E-state index is 0.0347. The Balaban J connectivity index is 1.49. The lowest BCUT2D eigenvalue weighted by atomic mass is 10.1. The molecule has 2 heterocycles. The third-order valence-electron chi connectivity index (χ3n) is 5.15. The van der Waals surface area contributed by atoms with Crippen molar-refractivity contribution in [3.05, 3.63) is 65.2 Å². The fourth-order valence-electron chi connectivity index (χ4n) is 3.63. The number of amides is 2. The number of fused-ring (bicyclic) bond motifs is 1. The van der Waals surface area contributed by atoms with Gasteiger partial charge in [0.1, 0.15) is 5.01 Å². The zero-order valence-corrected chi connectivity index (χ0v) is 16.8. The van der Waals surface area contributed by atoms with Crippen LogP contribution in [0.15, 0.2) is 54.6 Å². The molecule has 0 bridgehead atoms. The van der Waals surface area contributed by atoms with Crippen LogP contribution in [0, 0.1) is 11.3 Å². The van der Waals surface area contributed by atoms with E-state index in [9.17, 15) is 14.9 Å². The Morgan fingerprint density at radius 1 is 1.14 bits per heavy atom. The zero-order chi connectivity index (χ0) is 20.4. The third-order valence-corrected chi connectivity index (χ3v) is 6.25. The van der Waals surface area contributed by atoms with E-state index in [1.54, 1.807) is 21.9 Å². The van der Waals surface area contributed by atoms with Crippen molar-refractivity contribution in [2.45, 2.75) is 18.9 Å². The quantitative estimate of drug-likeness (QED) is 0.671. The fraction of sp³-hybridized carbons (Fsp3) is 0.273. The van der Waals surface area contributed by atoms with Crippen molar-refractivity contribution in [1.29, 1.82) is 5.26 Å². The molecule has 0 aliphatic carbocycles. The summed E-state index contributed by atoms with van der Waals surface area (Å²) < 4.78 is 0.960. The molecule has 7 heteroatoms. The van der Waals surface area contributed by atoms with Crippen molar-refractivity contribution >= 4 is 33.4 Å². The number of piperazine rings is 1. The summed E-state index contributed by atoms with van der Waals surface area (Å²) in [6.45, 7) is 3.20. The number of benzene rings is 2. The number of hydrogen-bond acceptors (Lipinski definition) is 5. The summed E-state index contributed by atoms with van der Waals surface area (Å²) in [5.74, 6) is -1.20. The Morgan fingerprint density at radius 2 is 1.86 bits per heavy atom. The Bertz CT molecular complexity index is 1060. The normalized spacial score (nSPS) is 17.7. The van der Waals surface area contributed by atoms with Crippen LogP contribution in [-0.4, -0.2) is 52.3 Å². The molecule has 0 radical (unpaired) electrons. The highest BCUT2D eigenvalue weighted by atomic mass is 32.1. The van der Waals surface area contributed by atoms with Gasteiger partial charge in [-0.15, -0.1) is 11.3 Å². The zero-order valence-electron chi connectivity index (χ0n) is 16.0. The monoisotopic (exact) mass is 404 g/mol. The summed E-state index contributed by atoms with van der Waals surface area (Å²) in [5, 5.41) is 10.2. The molecule has 3 aromatic rings. The Hall–Kier alpha value is -3.24. The minimum atomic E-state index is -0.925. The van der Waals surface area contributed by atoms with E-state index in [1.165, 1.54) is 11.3 Å². The number of nitrogens with zero attached hydrogens (tertiary/aromatic N) is 4. The highest BCUT2D eigenvalue weighted by Crippen LogP contribution is 2.29. The first-order valence-corrected chi connectivity index (χ1v) is 10.3. The van der Waals surface area contributed by atoms with Gasteiger partial charge in [-0.1, -0.05) is 30.3 Å². The van der Waals surface area contributed by atoms with E-state index in [2.05, 4.69) is 11.1 Å². The van der Waals surface area contributed by atoms with Crippen molar-refractivity contribution in [1.82, 2.24) is 14.8 Å². The van der Waals surface area contributed by atoms with Crippen LogP contribution in [0.5, 0.6) is 0 Å². The van der Waals surface area contributed by atoms with Gasteiger partial charge in [-0.2, -0.15) is 5.26 Å². The van der Waals surface area contributed by atoms with Gasteiger partial charge in [0.15, 0.2) is 5.92 Å². The topological polar surface area (TPSA) is 77.3 Å². The summed E-state index contributed by atoms with van der Waals surface area (Å²) in [6, 6.07) is 18.7. The van der Waals surface area contributed by atoms with Crippen molar-refractivity contribution < 1.29 is 9.59 Å². The largest absolute Gasteiger partial charge is 0.335 e. The molecule has 1 saturated heterocycles. The first-order valence-electron chi connectivity index (χ1n) is 9.48. The Labute approximate surface area is 173 Å². The molecule has 1 unspecified atom stereocenters. The summed E-state index contributed by atoms with van der Waals surface area (Å²) >= 11 is 1.38. The minimum Gasteiger partial charge on any atom is -0.335 e. The van der Waals surface area contributed by atoms with E-state index < -0.39 is 5.92 Å². The standard InChI is InChI=1S/C22H20N4O2S/c1-15-14-25(21(27)16-7-3-2-4-8-16)11-12-26(15)22(28)17(13-23)20-24-18-9-5-6-10-19(18)29-20/h2-10,15,17H,11-12,14H2,1H3/t15-,17?/m1/s1. The van der Waals surface area contributed by atoms with Crippen LogP contribution in [0.4, 0.5) is 0 Å². The van der Waals surface area contributed by atoms with Crippen LogP contribution >= 0.6 is 11.3 Å². The van der Waals surface area contributed by atoms with Crippen LogP contribution in [0.2, 0.25) is 0 Å². The lowest BCUT2D eigenvalue weighted by molar-refractivity contribution is -0.135. The molecule has 1 aliphatic heterocycles. The maximum absolute atomic E-state index is 13.1. The first-order chi connectivity index (χ1) is 14.1. The molecule has 2 atom stereocenters.